The normalized spacial score (nSPS) is 11.7. The number of hydrogen-bond donors (Lipinski definition) is 0. The van der Waals surface area contributed by atoms with Crippen molar-refractivity contribution in [2.75, 3.05) is 7.11 Å². The first-order valence-corrected chi connectivity index (χ1v) is 9.64. The molecule has 9 heteroatoms. The molecule has 0 aliphatic rings. The molecule has 0 atom stereocenters. The maximum Gasteiger partial charge on any atom is 0.192 e. The van der Waals surface area contributed by atoms with Crippen LogP contribution in [-0.2, 0) is 6.54 Å². The average Bonchev–Trinajstić information content (AvgIpc) is 3.18. The molecule has 0 aliphatic heterocycles. The van der Waals surface area contributed by atoms with Gasteiger partial charge in [0.1, 0.15) is 15.1 Å². The monoisotopic (exact) mass is 415 g/mol. The fourth-order valence-corrected chi connectivity index (χ4v) is 4.11. The molecule has 0 saturated heterocycles. The van der Waals surface area contributed by atoms with Crippen molar-refractivity contribution >= 4 is 63.1 Å². The van der Waals surface area contributed by atoms with Crippen LogP contribution in [0.3, 0.4) is 0 Å². The Morgan fingerprint density at radius 1 is 1.42 bits per heavy atom. The van der Waals surface area contributed by atoms with Gasteiger partial charge in [-0.3, -0.25) is 0 Å². The number of halogens is 2. The molecule has 3 rings (SSSR count). The van der Waals surface area contributed by atoms with Gasteiger partial charge in [-0.15, -0.1) is 11.3 Å². The molecule has 0 saturated carbocycles. The van der Waals surface area contributed by atoms with E-state index in [1.165, 1.54) is 11.3 Å². The van der Waals surface area contributed by atoms with E-state index in [4.69, 9.17) is 40.2 Å². The van der Waals surface area contributed by atoms with Crippen LogP contribution in [0.2, 0.25) is 9.36 Å². The molecule has 24 heavy (non-hydrogen) atoms. The van der Waals surface area contributed by atoms with Crippen molar-refractivity contribution in [2.24, 2.45) is 4.99 Å². The molecule has 0 bridgehead atoms. The Morgan fingerprint density at radius 3 is 2.96 bits per heavy atom. The first-order valence-electron chi connectivity index (χ1n) is 6.72. The summed E-state index contributed by atoms with van der Waals surface area (Å²) in [6.45, 7) is 0.584. The minimum Gasteiger partial charge on any atom is -0.496 e. The number of rotatable bonds is 4. The van der Waals surface area contributed by atoms with Crippen LogP contribution in [0.15, 0.2) is 40.3 Å². The van der Waals surface area contributed by atoms with E-state index >= 15 is 0 Å². The topological polar surface area (TPSA) is 39.4 Å². The standard InChI is InChI=1S/C15H11Cl2N3OS3/c1-21-12-3-2-9(16)4-11(12)14(22)19-15-20(6-13(17)24-15)5-10-7-23-8-18-10/h2-4,6-8H,5H2,1H3/b19-15-. The summed E-state index contributed by atoms with van der Waals surface area (Å²) in [5, 5.41) is 2.56. The van der Waals surface area contributed by atoms with Gasteiger partial charge in [-0.2, -0.15) is 0 Å². The van der Waals surface area contributed by atoms with Gasteiger partial charge in [0.05, 0.1) is 30.4 Å². The van der Waals surface area contributed by atoms with E-state index in [0.29, 0.717) is 37.0 Å². The summed E-state index contributed by atoms with van der Waals surface area (Å²) in [6, 6.07) is 5.26. The van der Waals surface area contributed by atoms with Gasteiger partial charge in [-0.1, -0.05) is 46.8 Å². The lowest BCUT2D eigenvalue weighted by atomic mass is 10.2. The molecule has 2 heterocycles. The van der Waals surface area contributed by atoms with Crippen LogP contribution in [0.1, 0.15) is 11.3 Å². The molecular weight excluding hydrogens is 405 g/mol. The molecule has 2 aromatic heterocycles. The van der Waals surface area contributed by atoms with Gasteiger partial charge in [-0.05, 0) is 18.2 Å². The fourth-order valence-electron chi connectivity index (χ4n) is 2.03. The van der Waals surface area contributed by atoms with Gasteiger partial charge in [-0.25, -0.2) is 9.98 Å². The van der Waals surface area contributed by atoms with Crippen LogP contribution in [0, 0.1) is 0 Å². The zero-order valence-corrected chi connectivity index (χ0v) is 16.4. The maximum absolute atomic E-state index is 6.15. The Labute approximate surface area is 162 Å². The van der Waals surface area contributed by atoms with Crippen molar-refractivity contribution < 1.29 is 4.74 Å². The highest BCUT2D eigenvalue weighted by atomic mass is 35.5. The molecule has 0 unspecified atom stereocenters. The van der Waals surface area contributed by atoms with Crippen LogP contribution < -0.4 is 9.54 Å². The molecule has 0 spiro atoms. The van der Waals surface area contributed by atoms with Crippen LogP contribution in [-0.4, -0.2) is 21.6 Å². The van der Waals surface area contributed by atoms with Gasteiger partial charge >= 0.3 is 0 Å². The second-order valence-corrected chi connectivity index (χ2v) is 7.87. The number of nitrogens with zero attached hydrogens (tertiary/aromatic N) is 3. The van der Waals surface area contributed by atoms with Crippen LogP contribution in [0.25, 0.3) is 0 Å². The lowest BCUT2D eigenvalue weighted by molar-refractivity contribution is 0.414. The SMILES string of the molecule is COc1ccc(Cl)cc1C(=S)/N=c1\sc(Cl)cn1Cc1cscn1. The van der Waals surface area contributed by atoms with Crippen LogP contribution in [0.5, 0.6) is 5.75 Å². The summed E-state index contributed by atoms with van der Waals surface area (Å²) < 4.78 is 7.89. The second-order valence-electron chi connectivity index (χ2n) is 4.69. The quantitative estimate of drug-likeness (QED) is 0.582. The molecule has 0 radical (unpaired) electrons. The van der Waals surface area contributed by atoms with Crippen LogP contribution in [0.4, 0.5) is 0 Å². The molecule has 124 valence electrons. The van der Waals surface area contributed by atoms with Gasteiger partial charge in [0.15, 0.2) is 4.80 Å². The highest BCUT2D eigenvalue weighted by molar-refractivity contribution is 7.80. The highest BCUT2D eigenvalue weighted by Crippen LogP contribution is 2.24. The first kappa shape index (κ1) is 17.6. The third kappa shape index (κ3) is 4.04. The van der Waals surface area contributed by atoms with Crippen molar-refractivity contribution in [3.63, 3.8) is 0 Å². The van der Waals surface area contributed by atoms with Crippen molar-refractivity contribution in [3.05, 3.63) is 60.7 Å². The van der Waals surface area contributed by atoms with Crippen molar-refractivity contribution in [1.82, 2.24) is 9.55 Å². The van der Waals surface area contributed by atoms with E-state index < -0.39 is 0 Å². The number of benzene rings is 1. The van der Waals surface area contributed by atoms with E-state index in [2.05, 4.69) is 9.98 Å². The van der Waals surface area contributed by atoms with E-state index in [1.54, 1.807) is 42.2 Å². The third-order valence-electron chi connectivity index (χ3n) is 3.10. The van der Waals surface area contributed by atoms with Gasteiger partial charge in [0.25, 0.3) is 0 Å². The Hall–Kier alpha value is -1.25. The lowest BCUT2D eigenvalue weighted by Crippen LogP contribution is -2.17. The number of thiocarbonyl (C=S) groups is 1. The molecule has 0 N–H and O–H groups in total. The number of aromatic nitrogens is 2. The highest BCUT2D eigenvalue weighted by Gasteiger charge is 2.10. The lowest BCUT2D eigenvalue weighted by Gasteiger charge is -2.07. The predicted octanol–water partition coefficient (Wildman–Crippen LogP) is 4.65. The molecule has 3 aromatic rings. The molecule has 0 amide bonds. The predicted molar refractivity (Wildman–Crippen MR) is 104 cm³/mol. The smallest absolute Gasteiger partial charge is 0.192 e. The Bertz CT molecular complexity index is 932. The minimum absolute atomic E-state index is 0.389. The Kier molecular flexibility index (Phi) is 5.68. The minimum atomic E-state index is 0.389. The van der Waals surface area contributed by atoms with E-state index in [0.717, 1.165) is 5.69 Å². The first-order chi connectivity index (χ1) is 11.6. The van der Waals surface area contributed by atoms with Crippen molar-refractivity contribution in [1.29, 1.82) is 0 Å². The number of hydrogen-bond acceptors (Lipinski definition) is 5. The maximum atomic E-state index is 6.15. The van der Waals surface area contributed by atoms with Gasteiger partial charge in [0.2, 0.25) is 0 Å². The summed E-state index contributed by atoms with van der Waals surface area (Å²) in [6.07, 6.45) is 1.82. The molecule has 0 fully saturated rings. The molecule has 0 aliphatic carbocycles. The van der Waals surface area contributed by atoms with Crippen molar-refractivity contribution in [2.45, 2.75) is 6.54 Å². The van der Waals surface area contributed by atoms with Crippen LogP contribution >= 0.6 is 58.1 Å². The largest absolute Gasteiger partial charge is 0.496 e. The van der Waals surface area contributed by atoms with E-state index in [9.17, 15) is 0 Å². The van der Waals surface area contributed by atoms with Gasteiger partial charge in [0, 0.05) is 16.6 Å². The fraction of sp³-hybridized carbons (Fsp3) is 0.133. The second kappa shape index (κ2) is 7.76. The van der Waals surface area contributed by atoms with Crippen molar-refractivity contribution in [3.8, 4) is 5.75 Å². The summed E-state index contributed by atoms with van der Waals surface area (Å²) in [5.74, 6) is 0.627. The average molecular weight is 416 g/mol. The number of thiazole rings is 2. The van der Waals surface area contributed by atoms with E-state index in [1.807, 2.05) is 16.1 Å². The van der Waals surface area contributed by atoms with E-state index in [-0.39, 0.29) is 0 Å². The molecular formula is C15H11Cl2N3OS3. The Morgan fingerprint density at radius 2 is 2.25 bits per heavy atom. The third-order valence-corrected chi connectivity index (χ3v) is 5.42. The summed E-state index contributed by atoms with van der Waals surface area (Å²) >= 11 is 20.6. The zero-order chi connectivity index (χ0) is 17.1. The summed E-state index contributed by atoms with van der Waals surface area (Å²) in [5.41, 5.74) is 3.41. The molecule has 4 nitrogen and oxygen atoms in total. The zero-order valence-electron chi connectivity index (χ0n) is 12.4. The summed E-state index contributed by atoms with van der Waals surface area (Å²) in [4.78, 5) is 9.91. The summed E-state index contributed by atoms with van der Waals surface area (Å²) in [7, 11) is 1.58. The number of methoxy groups -OCH3 is 1. The van der Waals surface area contributed by atoms with Gasteiger partial charge < -0.3 is 9.30 Å². The Balaban J connectivity index is 1.99. The molecule has 1 aromatic carbocycles. The number of ether oxygens (including phenoxy) is 1.